The Morgan fingerprint density at radius 3 is 1.79 bits per heavy atom. The fraction of sp³-hybridized carbons (Fsp3) is 0.486. The lowest BCUT2D eigenvalue weighted by molar-refractivity contribution is 0.0601. The summed E-state index contributed by atoms with van der Waals surface area (Å²) in [5.41, 5.74) is 8.49. The predicted octanol–water partition coefficient (Wildman–Crippen LogP) is 10.9. The van der Waals surface area contributed by atoms with E-state index in [1.165, 1.54) is 119 Å². The fourth-order valence-electron chi connectivity index (χ4n) is 6.72. The molecule has 3 aromatic rings. The van der Waals surface area contributed by atoms with Gasteiger partial charge in [0.1, 0.15) is 0 Å². The number of unbranched alkanes of at least 4 members (excludes halogenated alkanes) is 10. The number of methoxy groups -OCH3 is 1. The number of fused-ring (bicyclic) bond motifs is 3. The maximum atomic E-state index is 12.6. The van der Waals surface area contributed by atoms with E-state index in [-0.39, 0.29) is 11.4 Å². The van der Waals surface area contributed by atoms with Crippen molar-refractivity contribution in [3.63, 3.8) is 0 Å². The van der Waals surface area contributed by atoms with Crippen LogP contribution in [0.1, 0.15) is 125 Å². The summed E-state index contributed by atoms with van der Waals surface area (Å²) >= 11 is 0. The predicted molar refractivity (Wildman–Crippen MR) is 165 cm³/mol. The van der Waals surface area contributed by atoms with Crippen LogP contribution < -0.4 is 0 Å². The third-order valence-electron chi connectivity index (χ3n) is 8.83. The van der Waals surface area contributed by atoms with E-state index < -0.39 is 0 Å². The lowest BCUT2D eigenvalue weighted by atomic mass is 9.70. The minimum atomic E-state index is -0.278. The lowest BCUT2D eigenvalue weighted by Gasteiger charge is -2.33. The molecule has 0 radical (unpaired) electrons. The van der Waals surface area contributed by atoms with Crippen molar-refractivity contribution >= 4 is 5.97 Å². The molecular formula is C37H48O2. The van der Waals surface area contributed by atoms with Gasteiger partial charge in [0.25, 0.3) is 0 Å². The molecule has 2 heteroatoms. The number of carbonyl (C=O) groups excluding carboxylic acids is 1. The van der Waals surface area contributed by atoms with Gasteiger partial charge in [0, 0.05) is 5.41 Å². The van der Waals surface area contributed by atoms with Gasteiger partial charge in [-0.15, -0.1) is 0 Å². The Labute approximate surface area is 237 Å². The SMILES string of the molecule is CCCCCCCCC1(CCCCCCCC)c2ccccc2-c2ccc(-c3ccccc3C(=O)OC)cc21. The van der Waals surface area contributed by atoms with Gasteiger partial charge in [-0.25, -0.2) is 4.79 Å². The Morgan fingerprint density at radius 2 is 1.15 bits per heavy atom. The second-order valence-electron chi connectivity index (χ2n) is 11.5. The second kappa shape index (κ2) is 14.5. The van der Waals surface area contributed by atoms with Crippen molar-refractivity contribution in [2.24, 2.45) is 0 Å². The van der Waals surface area contributed by atoms with Crippen molar-refractivity contribution in [3.05, 3.63) is 83.4 Å². The molecule has 0 unspecified atom stereocenters. The highest BCUT2D eigenvalue weighted by Crippen LogP contribution is 2.55. The summed E-state index contributed by atoms with van der Waals surface area (Å²) in [6.45, 7) is 4.58. The molecule has 1 aliphatic rings. The number of ether oxygens (including phenoxy) is 1. The fourth-order valence-corrected chi connectivity index (χ4v) is 6.72. The van der Waals surface area contributed by atoms with Gasteiger partial charge in [0.05, 0.1) is 12.7 Å². The number of esters is 1. The van der Waals surface area contributed by atoms with Crippen molar-refractivity contribution in [2.75, 3.05) is 7.11 Å². The van der Waals surface area contributed by atoms with Crippen molar-refractivity contribution < 1.29 is 9.53 Å². The van der Waals surface area contributed by atoms with E-state index in [9.17, 15) is 4.79 Å². The van der Waals surface area contributed by atoms with Crippen LogP contribution in [0.5, 0.6) is 0 Å². The van der Waals surface area contributed by atoms with E-state index in [1.807, 2.05) is 18.2 Å². The molecule has 0 aliphatic heterocycles. The van der Waals surface area contributed by atoms with Crippen molar-refractivity contribution in [1.29, 1.82) is 0 Å². The van der Waals surface area contributed by atoms with Crippen LogP contribution in [0.2, 0.25) is 0 Å². The van der Waals surface area contributed by atoms with Gasteiger partial charge in [0.15, 0.2) is 0 Å². The van der Waals surface area contributed by atoms with E-state index in [1.54, 1.807) is 0 Å². The Balaban J connectivity index is 1.72. The number of rotatable bonds is 16. The minimum Gasteiger partial charge on any atom is -0.465 e. The molecule has 4 rings (SSSR count). The highest BCUT2D eigenvalue weighted by molar-refractivity contribution is 5.98. The molecule has 3 aromatic carbocycles. The van der Waals surface area contributed by atoms with Crippen LogP contribution in [0.3, 0.4) is 0 Å². The summed E-state index contributed by atoms with van der Waals surface area (Å²) in [5.74, 6) is -0.278. The monoisotopic (exact) mass is 524 g/mol. The molecule has 208 valence electrons. The summed E-state index contributed by atoms with van der Waals surface area (Å²) in [5, 5.41) is 0. The van der Waals surface area contributed by atoms with E-state index in [4.69, 9.17) is 4.74 Å². The Hall–Kier alpha value is -2.87. The third-order valence-corrected chi connectivity index (χ3v) is 8.83. The topological polar surface area (TPSA) is 26.3 Å². The molecule has 0 bridgehead atoms. The molecule has 0 spiro atoms. The molecule has 0 heterocycles. The summed E-state index contributed by atoms with van der Waals surface area (Å²) < 4.78 is 5.13. The van der Waals surface area contributed by atoms with E-state index >= 15 is 0 Å². The van der Waals surface area contributed by atoms with Crippen molar-refractivity contribution in [3.8, 4) is 22.3 Å². The quantitative estimate of drug-likeness (QED) is 0.138. The van der Waals surface area contributed by atoms with Crippen LogP contribution in [0.4, 0.5) is 0 Å². The maximum Gasteiger partial charge on any atom is 0.338 e. The number of carbonyl (C=O) groups is 1. The first-order valence-electron chi connectivity index (χ1n) is 15.6. The summed E-state index contributed by atoms with van der Waals surface area (Å²) in [6, 6.07) is 23.9. The maximum absolute atomic E-state index is 12.6. The number of benzene rings is 3. The van der Waals surface area contributed by atoms with Crippen LogP contribution >= 0.6 is 0 Å². The summed E-state index contributed by atoms with van der Waals surface area (Å²) in [4.78, 5) is 12.6. The summed E-state index contributed by atoms with van der Waals surface area (Å²) in [6.07, 6.45) is 18.2. The first-order valence-corrected chi connectivity index (χ1v) is 15.6. The van der Waals surface area contributed by atoms with E-state index in [2.05, 4.69) is 62.4 Å². The average Bonchev–Trinajstić information content (AvgIpc) is 3.25. The zero-order valence-corrected chi connectivity index (χ0v) is 24.6. The average molecular weight is 525 g/mol. The molecular weight excluding hydrogens is 476 g/mol. The van der Waals surface area contributed by atoms with Crippen LogP contribution in [0.25, 0.3) is 22.3 Å². The molecule has 0 saturated heterocycles. The van der Waals surface area contributed by atoms with E-state index in [0.29, 0.717) is 5.56 Å². The highest BCUT2D eigenvalue weighted by Gasteiger charge is 2.42. The minimum absolute atomic E-state index is 0.0393. The van der Waals surface area contributed by atoms with Gasteiger partial charge in [-0.1, -0.05) is 145 Å². The van der Waals surface area contributed by atoms with Gasteiger partial charge < -0.3 is 4.74 Å². The Morgan fingerprint density at radius 1 is 0.615 bits per heavy atom. The molecule has 0 fully saturated rings. The smallest absolute Gasteiger partial charge is 0.338 e. The summed E-state index contributed by atoms with van der Waals surface area (Å²) in [7, 11) is 1.46. The van der Waals surface area contributed by atoms with Crippen LogP contribution in [0.15, 0.2) is 66.7 Å². The Bertz CT molecular complexity index is 1190. The van der Waals surface area contributed by atoms with Crippen LogP contribution in [-0.4, -0.2) is 13.1 Å². The normalized spacial score (nSPS) is 13.2. The van der Waals surface area contributed by atoms with Crippen LogP contribution in [0, 0.1) is 0 Å². The van der Waals surface area contributed by atoms with Crippen molar-refractivity contribution in [2.45, 2.75) is 109 Å². The zero-order valence-electron chi connectivity index (χ0n) is 24.6. The molecule has 0 amide bonds. The van der Waals surface area contributed by atoms with Gasteiger partial charge in [-0.2, -0.15) is 0 Å². The van der Waals surface area contributed by atoms with Gasteiger partial charge >= 0.3 is 5.97 Å². The molecule has 0 saturated carbocycles. The molecule has 0 atom stereocenters. The van der Waals surface area contributed by atoms with Gasteiger partial charge in [0.2, 0.25) is 0 Å². The first-order chi connectivity index (χ1) is 19.2. The second-order valence-corrected chi connectivity index (χ2v) is 11.5. The highest BCUT2D eigenvalue weighted by atomic mass is 16.5. The number of hydrogen-bond acceptors (Lipinski definition) is 2. The molecule has 0 N–H and O–H groups in total. The van der Waals surface area contributed by atoms with Gasteiger partial charge in [-0.3, -0.25) is 0 Å². The standard InChI is InChI=1S/C37H48O2/c1-4-6-8-10-12-18-26-37(27-19-13-11-9-7-5-2)34-23-17-16-21-31(34)32-25-24-29(28-35(32)37)30-20-14-15-22-33(30)36(38)39-3/h14-17,20-25,28H,4-13,18-19,26-27H2,1-3H3. The zero-order chi connectivity index (χ0) is 27.5. The molecule has 39 heavy (non-hydrogen) atoms. The third kappa shape index (κ3) is 6.65. The Kier molecular flexibility index (Phi) is 10.8. The van der Waals surface area contributed by atoms with E-state index in [0.717, 1.165) is 11.1 Å². The molecule has 0 aromatic heterocycles. The largest absolute Gasteiger partial charge is 0.465 e. The lowest BCUT2D eigenvalue weighted by Crippen LogP contribution is -2.25. The van der Waals surface area contributed by atoms with Crippen LogP contribution in [-0.2, 0) is 10.2 Å². The molecule has 2 nitrogen and oxygen atoms in total. The first kappa shape index (κ1) is 29.1. The van der Waals surface area contributed by atoms with Gasteiger partial charge in [-0.05, 0) is 58.4 Å². The molecule has 1 aliphatic carbocycles. The number of hydrogen-bond donors (Lipinski definition) is 0. The van der Waals surface area contributed by atoms with Crippen molar-refractivity contribution in [1.82, 2.24) is 0 Å².